The van der Waals surface area contributed by atoms with Crippen molar-refractivity contribution in [3.63, 3.8) is 0 Å². The van der Waals surface area contributed by atoms with Gasteiger partial charge in [0.15, 0.2) is 6.04 Å². The predicted octanol–water partition coefficient (Wildman–Crippen LogP) is 1.05. The average Bonchev–Trinajstić information content (AvgIpc) is 3.54. The molecule has 5 nitrogen and oxygen atoms in total. The minimum atomic E-state index is -0.208. The highest BCUT2D eigenvalue weighted by atomic mass is 16.2. The second-order valence-electron chi connectivity index (χ2n) is 7.44. The summed E-state index contributed by atoms with van der Waals surface area (Å²) in [5.74, 6) is 0.190. The van der Waals surface area contributed by atoms with Gasteiger partial charge < -0.3 is 15.1 Å². The maximum atomic E-state index is 12.9. The standard InChI is InChI=1S/C22H25N3O2/c26-21(23-19-11-12-19)20(17-7-3-1-4-8-17)24-13-15-25(16-14-24)22(27)18-9-5-2-6-10-18/h1-10,19-20H,11-16H2,(H,23,26)/p+1/t20-/m1/s1. The summed E-state index contributed by atoms with van der Waals surface area (Å²) in [6.45, 7) is 2.89. The van der Waals surface area contributed by atoms with Crippen LogP contribution in [0.15, 0.2) is 60.7 Å². The molecule has 2 amide bonds. The maximum absolute atomic E-state index is 12.9. The van der Waals surface area contributed by atoms with Crippen molar-refractivity contribution in [2.24, 2.45) is 0 Å². The molecule has 140 valence electrons. The number of rotatable bonds is 5. The van der Waals surface area contributed by atoms with Gasteiger partial charge in [-0.25, -0.2) is 0 Å². The fourth-order valence-corrected chi connectivity index (χ4v) is 3.78. The summed E-state index contributed by atoms with van der Waals surface area (Å²) < 4.78 is 0. The number of hydrogen-bond donors (Lipinski definition) is 2. The minimum absolute atomic E-state index is 0.0772. The highest BCUT2D eigenvalue weighted by Crippen LogP contribution is 2.20. The first kappa shape index (κ1) is 17.7. The van der Waals surface area contributed by atoms with E-state index in [-0.39, 0.29) is 17.9 Å². The summed E-state index contributed by atoms with van der Waals surface area (Å²) >= 11 is 0. The summed E-state index contributed by atoms with van der Waals surface area (Å²) in [6, 6.07) is 19.6. The van der Waals surface area contributed by atoms with Gasteiger partial charge in [0, 0.05) is 17.2 Å². The number of nitrogens with one attached hydrogen (secondary N) is 2. The van der Waals surface area contributed by atoms with E-state index in [1.165, 1.54) is 4.90 Å². The van der Waals surface area contributed by atoms with Crippen molar-refractivity contribution in [1.82, 2.24) is 10.2 Å². The molecule has 1 aliphatic carbocycles. The fraction of sp³-hybridized carbons (Fsp3) is 0.364. The van der Waals surface area contributed by atoms with Crippen LogP contribution in [0, 0.1) is 0 Å². The largest absolute Gasteiger partial charge is 0.348 e. The van der Waals surface area contributed by atoms with Crippen LogP contribution in [-0.2, 0) is 4.79 Å². The topological polar surface area (TPSA) is 53.9 Å². The van der Waals surface area contributed by atoms with Gasteiger partial charge in [0.05, 0.1) is 26.2 Å². The second-order valence-corrected chi connectivity index (χ2v) is 7.44. The molecular weight excluding hydrogens is 338 g/mol. The minimum Gasteiger partial charge on any atom is -0.348 e. The molecule has 0 aromatic heterocycles. The number of benzene rings is 2. The lowest BCUT2D eigenvalue weighted by Gasteiger charge is -2.36. The van der Waals surface area contributed by atoms with Crippen LogP contribution in [0.2, 0.25) is 0 Å². The van der Waals surface area contributed by atoms with E-state index >= 15 is 0 Å². The highest BCUT2D eigenvalue weighted by Gasteiger charge is 2.37. The van der Waals surface area contributed by atoms with Crippen LogP contribution in [0.4, 0.5) is 0 Å². The number of carbonyl (C=O) groups excluding carboxylic acids is 2. The van der Waals surface area contributed by atoms with Gasteiger partial charge in [-0.3, -0.25) is 9.59 Å². The van der Waals surface area contributed by atoms with E-state index in [0.29, 0.717) is 19.1 Å². The maximum Gasteiger partial charge on any atom is 0.283 e. The van der Waals surface area contributed by atoms with Gasteiger partial charge in [-0.1, -0.05) is 48.5 Å². The van der Waals surface area contributed by atoms with Gasteiger partial charge in [0.1, 0.15) is 0 Å². The number of amides is 2. The molecule has 0 spiro atoms. The molecule has 0 bridgehead atoms. The van der Waals surface area contributed by atoms with Crippen molar-refractivity contribution < 1.29 is 14.5 Å². The van der Waals surface area contributed by atoms with E-state index in [1.54, 1.807) is 0 Å². The third-order valence-electron chi connectivity index (χ3n) is 5.44. The first-order chi connectivity index (χ1) is 13.2. The zero-order chi connectivity index (χ0) is 18.6. The third kappa shape index (κ3) is 4.19. The lowest BCUT2D eigenvalue weighted by atomic mass is 10.0. The van der Waals surface area contributed by atoms with Crippen molar-refractivity contribution in [1.29, 1.82) is 0 Å². The monoisotopic (exact) mass is 364 g/mol. The van der Waals surface area contributed by atoms with E-state index in [9.17, 15) is 9.59 Å². The Morgan fingerprint density at radius 1 is 0.926 bits per heavy atom. The predicted molar refractivity (Wildman–Crippen MR) is 103 cm³/mol. The molecule has 1 atom stereocenters. The van der Waals surface area contributed by atoms with E-state index in [2.05, 4.69) is 5.32 Å². The van der Waals surface area contributed by atoms with Crippen molar-refractivity contribution >= 4 is 11.8 Å². The summed E-state index contributed by atoms with van der Waals surface area (Å²) in [7, 11) is 0. The molecule has 1 saturated heterocycles. The summed E-state index contributed by atoms with van der Waals surface area (Å²) in [6.07, 6.45) is 2.17. The van der Waals surface area contributed by atoms with E-state index < -0.39 is 0 Å². The van der Waals surface area contributed by atoms with Gasteiger partial charge in [0.2, 0.25) is 0 Å². The Morgan fingerprint density at radius 3 is 2.11 bits per heavy atom. The zero-order valence-corrected chi connectivity index (χ0v) is 15.4. The third-order valence-corrected chi connectivity index (χ3v) is 5.44. The number of nitrogens with zero attached hydrogens (tertiary/aromatic N) is 1. The van der Waals surface area contributed by atoms with Crippen LogP contribution in [0.5, 0.6) is 0 Å². The van der Waals surface area contributed by atoms with Gasteiger partial charge in [-0.15, -0.1) is 0 Å². The number of quaternary nitrogens is 1. The van der Waals surface area contributed by atoms with Crippen LogP contribution >= 0.6 is 0 Å². The Bertz CT molecular complexity index is 782. The van der Waals surface area contributed by atoms with E-state index in [0.717, 1.165) is 37.1 Å². The number of hydrogen-bond acceptors (Lipinski definition) is 2. The molecule has 5 heteroatoms. The molecule has 27 heavy (non-hydrogen) atoms. The lowest BCUT2D eigenvalue weighted by Crippen LogP contribution is -3.16. The SMILES string of the molecule is O=C(NC1CC1)[C@@H](c1ccccc1)[NH+]1CCN(C(=O)c2ccccc2)CC1. The van der Waals surface area contributed by atoms with Crippen molar-refractivity contribution in [2.45, 2.75) is 24.9 Å². The second kappa shape index (κ2) is 7.92. The molecule has 4 rings (SSSR count). The summed E-state index contributed by atoms with van der Waals surface area (Å²) in [5.41, 5.74) is 1.78. The first-order valence-electron chi connectivity index (χ1n) is 9.76. The van der Waals surface area contributed by atoms with Crippen molar-refractivity contribution in [3.05, 3.63) is 71.8 Å². The molecule has 1 aliphatic heterocycles. The lowest BCUT2D eigenvalue weighted by molar-refractivity contribution is -0.925. The Hall–Kier alpha value is -2.66. The molecule has 1 saturated carbocycles. The molecule has 0 radical (unpaired) electrons. The van der Waals surface area contributed by atoms with E-state index in [4.69, 9.17) is 0 Å². The van der Waals surface area contributed by atoms with E-state index in [1.807, 2.05) is 65.6 Å². The Labute approximate surface area is 160 Å². The Morgan fingerprint density at radius 2 is 1.52 bits per heavy atom. The smallest absolute Gasteiger partial charge is 0.283 e. The molecule has 2 aromatic carbocycles. The van der Waals surface area contributed by atoms with Gasteiger partial charge in [-0.05, 0) is 25.0 Å². The highest BCUT2D eigenvalue weighted by molar-refractivity contribution is 5.94. The van der Waals surface area contributed by atoms with Crippen molar-refractivity contribution in [3.8, 4) is 0 Å². The van der Waals surface area contributed by atoms with Gasteiger partial charge >= 0.3 is 0 Å². The normalized spacial score (nSPS) is 18.7. The molecule has 2 aromatic rings. The Balaban J connectivity index is 1.45. The number of piperazine rings is 1. The van der Waals surface area contributed by atoms with Crippen LogP contribution < -0.4 is 10.2 Å². The molecule has 2 fully saturated rings. The van der Waals surface area contributed by atoms with Gasteiger partial charge in [0.25, 0.3) is 11.8 Å². The van der Waals surface area contributed by atoms with Gasteiger partial charge in [-0.2, -0.15) is 0 Å². The molecular formula is C22H26N3O2+. The van der Waals surface area contributed by atoms with Crippen molar-refractivity contribution in [2.75, 3.05) is 26.2 Å². The van der Waals surface area contributed by atoms with Crippen LogP contribution in [0.1, 0.15) is 34.8 Å². The Kier molecular flexibility index (Phi) is 5.21. The van der Waals surface area contributed by atoms with Crippen LogP contribution in [0.3, 0.4) is 0 Å². The molecule has 0 unspecified atom stereocenters. The first-order valence-corrected chi connectivity index (χ1v) is 9.76. The summed E-state index contributed by atoms with van der Waals surface area (Å²) in [4.78, 5) is 28.7. The summed E-state index contributed by atoms with van der Waals surface area (Å²) in [5, 5.41) is 3.17. The quantitative estimate of drug-likeness (QED) is 0.833. The average molecular weight is 364 g/mol. The molecule has 1 heterocycles. The zero-order valence-electron chi connectivity index (χ0n) is 15.4. The number of carbonyl (C=O) groups is 2. The van der Waals surface area contributed by atoms with Crippen LogP contribution in [-0.4, -0.2) is 48.9 Å². The molecule has 2 N–H and O–H groups in total. The molecule has 2 aliphatic rings. The van der Waals surface area contributed by atoms with Crippen LogP contribution in [0.25, 0.3) is 0 Å². The fourth-order valence-electron chi connectivity index (χ4n) is 3.78.